The van der Waals surface area contributed by atoms with E-state index in [2.05, 4.69) is 13.5 Å². The van der Waals surface area contributed by atoms with Crippen LogP contribution in [0.3, 0.4) is 0 Å². The lowest BCUT2D eigenvalue weighted by Gasteiger charge is -2.15. The Morgan fingerprint density at radius 1 is 1.50 bits per heavy atom. The van der Waals surface area contributed by atoms with Gasteiger partial charge in [0.2, 0.25) is 0 Å². The van der Waals surface area contributed by atoms with Crippen LogP contribution in [0.4, 0.5) is 0 Å². The Kier molecular flexibility index (Phi) is 6.02. The Labute approximate surface area is 114 Å². The summed E-state index contributed by atoms with van der Waals surface area (Å²) in [5, 5.41) is 0.462. The van der Waals surface area contributed by atoms with E-state index in [0.29, 0.717) is 5.03 Å². The van der Waals surface area contributed by atoms with Crippen LogP contribution in [0.25, 0.3) is 0 Å². The molecule has 1 rings (SSSR count). The highest BCUT2D eigenvalue weighted by Crippen LogP contribution is 2.26. The molecule has 0 heterocycles. The summed E-state index contributed by atoms with van der Waals surface area (Å²) >= 11 is 5.71. The number of benzene rings is 1. The van der Waals surface area contributed by atoms with Gasteiger partial charge in [-0.3, -0.25) is 0 Å². The molecule has 0 amide bonds. The third kappa shape index (κ3) is 4.59. The smallest absolute Gasteiger partial charge is 0.126 e. The largest absolute Gasteiger partial charge is 0.497 e. The number of hydrogen-bond donors (Lipinski definition) is 1. The van der Waals surface area contributed by atoms with E-state index < -0.39 is 0 Å². The second-order valence-electron chi connectivity index (χ2n) is 4.15. The van der Waals surface area contributed by atoms with Gasteiger partial charge in [0.1, 0.15) is 18.1 Å². The molecule has 0 aliphatic carbocycles. The van der Waals surface area contributed by atoms with Crippen LogP contribution >= 0.6 is 11.6 Å². The Morgan fingerprint density at radius 3 is 2.78 bits per heavy atom. The number of ether oxygens (including phenoxy) is 2. The van der Waals surface area contributed by atoms with Crippen molar-refractivity contribution in [2.75, 3.05) is 13.7 Å². The molecule has 3 nitrogen and oxygen atoms in total. The van der Waals surface area contributed by atoms with Gasteiger partial charge < -0.3 is 15.2 Å². The predicted molar refractivity (Wildman–Crippen MR) is 75.5 cm³/mol. The molecule has 0 radical (unpaired) electrons. The van der Waals surface area contributed by atoms with Crippen LogP contribution in [0.2, 0.25) is 0 Å². The SMILES string of the molecule is C=C(Cl)COc1cc(OC)ccc1CC(N)CC. The minimum atomic E-state index is 0.125. The minimum absolute atomic E-state index is 0.125. The van der Waals surface area contributed by atoms with Crippen molar-refractivity contribution < 1.29 is 9.47 Å². The molecule has 0 spiro atoms. The van der Waals surface area contributed by atoms with Gasteiger partial charge in [-0.2, -0.15) is 0 Å². The predicted octanol–water partition coefficient (Wildman–Crippen LogP) is 3.11. The zero-order chi connectivity index (χ0) is 13.5. The number of hydrogen-bond acceptors (Lipinski definition) is 3. The molecule has 0 fully saturated rings. The van der Waals surface area contributed by atoms with Crippen molar-refractivity contribution in [2.45, 2.75) is 25.8 Å². The fourth-order valence-corrected chi connectivity index (χ4v) is 1.60. The average molecular weight is 270 g/mol. The summed E-state index contributed by atoms with van der Waals surface area (Å²) in [5.41, 5.74) is 7.03. The summed E-state index contributed by atoms with van der Waals surface area (Å²) in [6, 6.07) is 5.85. The lowest BCUT2D eigenvalue weighted by Crippen LogP contribution is -2.21. The molecule has 0 bridgehead atoms. The van der Waals surface area contributed by atoms with Gasteiger partial charge in [-0.25, -0.2) is 0 Å². The molecular formula is C14H20ClNO2. The van der Waals surface area contributed by atoms with E-state index in [1.807, 2.05) is 18.2 Å². The average Bonchev–Trinajstić information content (AvgIpc) is 2.37. The van der Waals surface area contributed by atoms with Gasteiger partial charge in [0.05, 0.1) is 7.11 Å². The molecule has 4 heteroatoms. The summed E-state index contributed by atoms with van der Waals surface area (Å²) in [5.74, 6) is 1.50. The van der Waals surface area contributed by atoms with Crippen LogP contribution in [-0.4, -0.2) is 19.8 Å². The summed E-state index contributed by atoms with van der Waals surface area (Å²) in [7, 11) is 1.62. The van der Waals surface area contributed by atoms with Gasteiger partial charge in [-0.1, -0.05) is 31.2 Å². The van der Waals surface area contributed by atoms with Gasteiger partial charge in [0.25, 0.3) is 0 Å². The Balaban J connectivity index is 2.89. The highest BCUT2D eigenvalue weighted by molar-refractivity contribution is 6.29. The first kappa shape index (κ1) is 14.9. The quantitative estimate of drug-likeness (QED) is 0.827. The van der Waals surface area contributed by atoms with E-state index in [9.17, 15) is 0 Å². The molecule has 1 unspecified atom stereocenters. The third-order valence-corrected chi connectivity index (χ3v) is 2.77. The van der Waals surface area contributed by atoms with Crippen LogP contribution in [0, 0.1) is 0 Å². The van der Waals surface area contributed by atoms with Crippen molar-refractivity contribution in [3.05, 3.63) is 35.4 Å². The van der Waals surface area contributed by atoms with Crippen LogP contribution < -0.4 is 15.2 Å². The van der Waals surface area contributed by atoms with Crippen LogP contribution in [0.15, 0.2) is 29.8 Å². The fraction of sp³-hybridized carbons (Fsp3) is 0.429. The van der Waals surface area contributed by atoms with E-state index in [1.54, 1.807) is 7.11 Å². The van der Waals surface area contributed by atoms with Crippen molar-refractivity contribution in [1.82, 2.24) is 0 Å². The van der Waals surface area contributed by atoms with Crippen molar-refractivity contribution >= 4 is 11.6 Å². The third-order valence-electron chi connectivity index (χ3n) is 2.67. The Morgan fingerprint density at radius 2 is 2.22 bits per heavy atom. The molecular weight excluding hydrogens is 250 g/mol. The maximum atomic E-state index is 5.97. The first-order valence-corrected chi connectivity index (χ1v) is 6.33. The second-order valence-corrected chi connectivity index (χ2v) is 4.69. The second kappa shape index (κ2) is 7.29. The van der Waals surface area contributed by atoms with E-state index in [1.165, 1.54) is 0 Å². The number of rotatable bonds is 7. The molecule has 100 valence electrons. The van der Waals surface area contributed by atoms with Crippen molar-refractivity contribution in [3.8, 4) is 11.5 Å². The molecule has 1 aromatic rings. The van der Waals surface area contributed by atoms with Crippen LogP contribution in [-0.2, 0) is 6.42 Å². The van der Waals surface area contributed by atoms with Crippen LogP contribution in [0.1, 0.15) is 18.9 Å². The summed E-state index contributed by atoms with van der Waals surface area (Å²) in [4.78, 5) is 0. The zero-order valence-corrected chi connectivity index (χ0v) is 11.7. The zero-order valence-electron chi connectivity index (χ0n) is 10.9. The molecule has 0 saturated carbocycles. The lowest BCUT2D eigenvalue weighted by atomic mass is 10.0. The van der Waals surface area contributed by atoms with Gasteiger partial charge in [-0.05, 0) is 24.5 Å². The topological polar surface area (TPSA) is 44.5 Å². The maximum absolute atomic E-state index is 5.97. The lowest BCUT2D eigenvalue weighted by molar-refractivity contribution is 0.348. The molecule has 18 heavy (non-hydrogen) atoms. The molecule has 0 aliphatic heterocycles. The van der Waals surface area contributed by atoms with E-state index in [-0.39, 0.29) is 12.6 Å². The Bertz CT molecular complexity index is 407. The van der Waals surface area contributed by atoms with Gasteiger partial charge in [-0.15, -0.1) is 0 Å². The number of halogens is 1. The summed E-state index contributed by atoms with van der Waals surface area (Å²) < 4.78 is 10.8. The molecule has 0 saturated heterocycles. The first-order chi connectivity index (χ1) is 8.56. The standard InChI is InChI=1S/C14H20ClNO2/c1-4-12(16)7-11-5-6-13(17-3)8-14(11)18-9-10(2)15/h5-6,8,12H,2,4,7,9,16H2,1,3H3. The fourth-order valence-electron chi connectivity index (χ4n) is 1.55. The number of nitrogens with two attached hydrogens (primary N) is 1. The van der Waals surface area contributed by atoms with Crippen molar-refractivity contribution in [1.29, 1.82) is 0 Å². The Hall–Kier alpha value is -1.19. The van der Waals surface area contributed by atoms with E-state index >= 15 is 0 Å². The summed E-state index contributed by atoms with van der Waals surface area (Å²) in [6.45, 7) is 5.95. The molecule has 1 aromatic carbocycles. The molecule has 1 atom stereocenters. The summed E-state index contributed by atoms with van der Waals surface area (Å²) in [6.07, 6.45) is 1.69. The highest BCUT2D eigenvalue weighted by atomic mass is 35.5. The van der Waals surface area contributed by atoms with Gasteiger partial charge in [0.15, 0.2) is 0 Å². The first-order valence-electron chi connectivity index (χ1n) is 5.95. The van der Waals surface area contributed by atoms with E-state index in [0.717, 1.165) is 29.9 Å². The van der Waals surface area contributed by atoms with Crippen molar-refractivity contribution in [2.24, 2.45) is 5.73 Å². The minimum Gasteiger partial charge on any atom is -0.497 e. The van der Waals surface area contributed by atoms with Gasteiger partial charge in [0, 0.05) is 17.1 Å². The normalized spacial score (nSPS) is 12.0. The van der Waals surface area contributed by atoms with E-state index in [4.69, 9.17) is 26.8 Å². The molecule has 0 aromatic heterocycles. The molecule has 0 aliphatic rings. The monoisotopic (exact) mass is 269 g/mol. The maximum Gasteiger partial charge on any atom is 0.126 e. The highest BCUT2D eigenvalue weighted by Gasteiger charge is 2.09. The van der Waals surface area contributed by atoms with Gasteiger partial charge >= 0.3 is 0 Å². The van der Waals surface area contributed by atoms with Crippen LogP contribution in [0.5, 0.6) is 11.5 Å². The number of methoxy groups -OCH3 is 1. The molecule has 2 N–H and O–H groups in total. The van der Waals surface area contributed by atoms with Crippen molar-refractivity contribution in [3.63, 3.8) is 0 Å².